The summed E-state index contributed by atoms with van der Waals surface area (Å²) in [4.78, 5) is 46.1. The third-order valence-corrected chi connectivity index (χ3v) is 4.00. The Kier molecular flexibility index (Phi) is 2.39. The lowest BCUT2D eigenvalue weighted by atomic mass is 9.64. The number of hydrogen-bond donors (Lipinski definition) is 0. The number of cyclic esters (lactones) is 4. The topological polar surface area (TPSA) is 86.7 Å². The second kappa shape index (κ2) is 3.76. The molecule has 2 heterocycles. The van der Waals surface area contributed by atoms with E-state index in [2.05, 4.69) is 9.47 Å². The van der Waals surface area contributed by atoms with Gasteiger partial charge in [-0.2, -0.15) is 0 Å². The van der Waals surface area contributed by atoms with Gasteiger partial charge >= 0.3 is 23.9 Å². The van der Waals surface area contributed by atoms with E-state index in [0.29, 0.717) is 6.42 Å². The number of carbonyl (C=O) groups is 4. The molecule has 2 aliphatic heterocycles. The van der Waals surface area contributed by atoms with Gasteiger partial charge in [-0.1, -0.05) is 13.0 Å². The van der Waals surface area contributed by atoms with Crippen molar-refractivity contribution in [3.63, 3.8) is 0 Å². The number of hydrogen-bond acceptors (Lipinski definition) is 6. The second-order valence-electron chi connectivity index (χ2n) is 5.53. The van der Waals surface area contributed by atoms with Crippen LogP contribution < -0.4 is 0 Å². The highest BCUT2D eigenvalue weighted by Crippen LogP contribution is 2.49. The molecule has 2 fully saturated rings. The monoisotopic (exact) mass is 264 g/mol. The van der Waals surface area contributed by atoms with Crippen LogP contribution in [0, 0.1) is 17.3 Å². The molecule has 0 aromatic heterocycles. The van der Waals surface area contributed by atoms with Crippen LogP contribution in [-0.2, 0) is 28.7 Å². The lowest BCUT2D eigenvalue weighted by Gasteiger charge is -2.39. The molecule has 3 rings (SSSR count). The van der Waals surface area contributed by atoms with Gasteiger partial charge in [-0.15, -0.1) is 0 Å². The molecule has 19 heavy (non-hydrogen) atoms. The molecule has 0 saturated carbocycles. The van der Waals surface area contributed by atoms with Crippen molar-refractivity contribution in [1.82, 2.24) is 0 Å². The van der Waals surface area contributed by atoms with Crippen LogP contribution in [0.2, 0.25) is 0 Å². The fourth-order valence-corrected chi connectivity index (χ4v) is 3.39. The fraction of sp³-hybridized carbons (Fsp3) is 0.538. The maximum absolute atomic E-state index is 11.6. The van der Waals surface area contributed by atoms with E-state index in [1.54, 1.807) is 6.08 Å². The summed E-state index contributed by atoms with van der Waals surface area (Å²) in [5, 5.41) is 0. The molecular weight excluding hydrogens is 252 g/mol. The van der Waals surface area contributed by atoms with Crippen LogP contribution in [0.15, 0.2) is 11.6 Å². The minimum atomic E-state index is -0.707. The molecule has 0 amide bonds. The second-order valence-corrected chi connectivity index (χ2v) is 5.53. The first kappa shape index (κ1) is 12.1. The van der Waals surface area contributed by atoms with E-state index in [9.17, 15) is 19.2 Å². The average molecular weight is 264 g/mol. The van der Waals surface area contributed by atoms with Gasteiger partial charge in [0, 0.05) is 11.0 Å². The minimum absolute atomic E-state index is 0.0563. The van der Waals surface area contributed by atoms with E-state index in [1.807, 2.05) is 6.92 Å². The molecule has 0 aromatic carbocycles. The van der Waals surface area contributed by atoms with Crippen molar-refractivity contribution in [3.05, 3.63) is 11.6 Å². The van der Waals surface area contributed by atoms with Gasteiger partial charge in [0.05, 0.1) is 18.8 Å². The molecule has 3 aliphatic rings. The summed E-state index contributed by atoms with van der Waals surface area (Å²) in [6.45, 7) is 1.82. The van der Waals surface area contributed by atoms with Crippen LogP contribution in [0.5, 0.6) is 0 Å². The number of esters is 4. The molecule has 1 aliphatic carbocycles. The summed E-state index contributed by atoms with van der Waals surface area (Å²) < 4.78 is 9.14. The number of fused-ring (bicyclic) bond motifs is 1. The van der Waals surface area contributed by atoms with E-state index in [1.165, 1.54) is 0 Å². The summed E-state index contributed by atoms with van der Waals surface area (Å²) in [7, 11) is 0. The Morgan fingerprint density at radius 1 is 1.11 bits per heavy atom. The third-order valence-electron chi connectivity index (χ3n) is 4.00. The third kappa shape index (κ3) is 1.78. The molecule has 1 spiro atoms. The van der Waals surface area contributed by atoms with Gasteiger partial charge in [0.2, 0.25) is 0 Å². The van der Waals surface area contributed by atoms with Gasteiger partial charge in [-0.25, -0.2) is 4.79 Å². The Bertz CT molecular complexity index is 527. The predicted octanol–water partition coefficient (Wildman–Crippen LogP) is 0.502. The number of ether oxygens (including phenoxy) is 2. The highest BCUT2D eigenvalue weighted by molar-refractivity contribution is 6.08. The first-order valence-electron chi connectivity index (χ1n) is 6.12. The lowest BCUT2D eigenvalue weighted by Crippen LogP contribution is -2.40. The maximum Gasteiger partial charge on any atom is 0.342 e. The zero-order valence-electron chi connectivity index (χ0n) is 10.3. The van der Waals surface area contributed by atoms with Crippen LogP contribution in [0.25, 0.3) is 0 Å². The predicted molar refractivity (Wildman–Crippen MR) is 59.2 cm³/mol. The maximum atomic E-state index is 11.6. The van der Waals surface area contributed by atoms with E-state index >= 15 is 0 Å². The Labute approximate surface area is 108 Å². The van der Waals surface area contributed by atoms with Gasteiger partial charge < -0.3 is 9.47 Å². The molecule has 2 saturated heterocycles. The van der Waals surface area contributed by atoms with Gasteiger partial charge in [0.25, 0.3) is 0 Å². The summed E-state index contributed by atoms with van der Waals surface area (Å²) in [5.41, 5.74) is -0.423. The lowest BCUT2D eigenvalue weighted by molar-refractivity contribution is -0.168. The van der Waals surface area contributed by atoms with Crippen LogP contribution in [0.1, 0.15) is 26.2 Å². The molecule has 2 atom stereocenters. The van der Waals surface area contributed by atoms with Gasteiger partial charge in [-0.3, -0.25) is 14.4 Å². The van der Waals surface area contributed by atoms with Crippen molar-refractivity contribution >= 4 is 23.9 Å². The molecule has 100 valence electrons. The van der Waals surface area contributed by atoms with E-state index < -0.39 is 35.2 Å². The molecule has 0 radical (unpaired) electrons. The Morgan fingerprint density at radius 3 is 2.37 bits per heavy atom. The van der Waals surface area contributed by atoms with Crippen LogP contribution in [0.3, 0.4) is 0 Å². The molecule has 0 bridgehead atoms. The van der Waals surface area contributed by atoms with Crippen LogP contribution in [-0.4, -0.2) is 23.9 Å². The van der Waals surface area contributed by atoms with Crippen LogP contribution >= 0.6 is 0 Å². The normalized spacial score (nSPS) is 32.8. The van der Waals surface area contributed by atoms with Gasteiger partial charge in [-0.05, 0) is 12.3 Å². The van der Waals surface area contributed by atoms with Crippen molar-refractivity contribution in [2.24, 2.45) is 17.3 Å². The molecule has 0 N–H and O–H groups in total. The van der Waals surface area contributed by atoms with Crippen molar-refractivity contribution in [2.45, 2.75) is 26.2 Å². The quantitative estimate of drug-likeness (QED) is 0.468. The number of allylic oxidation sites excluding steroid dienone is 1. The van der Waals surface area contributed by atoms with Crippen molar-refractivity contribution in [2.75, 3.05) is 0 Å². The average Bonchev–Trinajstić information content (AvgIpc) is 2.51. The molecular formula is C13H12O6. The van der Waals surface area contributed by atoms with E-state index in [4.69, 9.17) is 0 Å². The first-order valence-corrected chi connectivity index (χ1v) is 6.12. The molecule has 2 unspecified atom stereocenters. The zero-order chi connectivity index (χ0) is 13.8. The number of carbonyl (C=O) groups excluding carboxylic acids is 4. The summed E-state index contributed by atoms with van der Waals surface area (Å²) >= 11 is 0. The highest BCUT2D eigenvalue weighted by Gasteiger charge is 2.52. The summed E-state index contributed by atoms with van der Waals surface area (Å²) in [6, 6.07) is 0. The molecule has 6 heteroatoms. The Morgan fingerprint density at radius 2 is 1.74 bits per heavy atom. The SMILES string of the molecule is CC1CC2(C=C3C(=O)OC(=O)C31)CC(=O)OC(=O)C2. The van der Waals surface area contributed by atoms with E-state index in [-0.39, 0.29) is 24.3 Å². The standard InChI is InChI=1S/C13H12O6/c1-6-2-13(4-8(14)18-9(15)5-13)3-7-10(6)12(17)19-11(7)16/h3,6,10H,2,4-5H2,1H3. The van der Waals surface area contributed by atoms with Crippen molar-refractivity contribution in [1.29, 1.82) is 0 Å². The Hall–Kier alpha value is -1.98. The largest absolute Gasteiger partial charge is 0.393 e. The van der Waals surface area contributed by atoms with E-state index in [0.717, 1.165) is 0 Å². The number of rotatable bonds is 0. The molecule has 6 nitrogen and oxygen atoms in total. The first-order chi connectivity index (χ1) is 8.90. The molecule has 0 aromatic rings. The smallest absolute Gasteiger partial charge is 0.342 e. The highest BCUT2D eigenvalue weighted by atomic mass is 16.6. The van der Waals surface area contributed by atoms with Gasteiger partial charge in [0.15, 0.2) is 0 Å². The fourth-order valence-electron chi connectivity index (χ4n) is 3.39. The van der Waals surface area contributed by atoms with Gasteiger partial charge in [0.1, 0.15) is 0 Å². The summed E-state index contributed by atoms with van der Waals surface area (Å²) in [5.74, 6) is -3.08. The van der Waals surface area contributed by atoms with Crippen LogP contribution in [0.4, 0.5) is 0 Å². The zero-order valence-corrected chi connectivity index (χ0v) is 10.3. The summed E-state index contributed by atoms with van der Waals surface area (Å²) in [6.07, 6.45) is 2.19. The van der Waals surface area contributed by atoms with Crippen molar-refractivity contribution < 1.29 is 28.7 Å². The Balaban J connectivity index is 2.03. The van der Waals surface area contributed by atoms with Crippen molar-refractivity contribution in [3.8, 4) is 0 Å². The minimum Gasteiger partial charge on any atom is -0.393 e.